The minimum atomic E-state index is 0.0919. The number of anilines is 1. The molecule has 2 aromatic carbocycles. The maximum atomic E-state index is 11.8. The number of amides is 1. The number of aromatic nitrogens is 3. The molecule has 1 aliphatic heterocycles. The van der Waals surface area contributed by atoms with Gasteiger partial charge >= 0.3 is 0 Å². The Kier molecular flexibility index (Phi) is 6.27. The largest absolute Gasteiger partial charge is 0.497 e. The Morgan fingerprint density at radius 2 is 1.83 bits per heavy atom. The van der Waals surface area contributed by atoms with Crippen molar-refractivity contribution in [3.05, 3.63) is 71.9 Å². The SMILES string of the molecule is COc1ccc(Cn2nc(N[C@@H]3CCN(C(C)=O)C3)c3c(Oc4ccc(C)cc4)ccnc32)cc1. The van der Waals surface area contributed by atoms with Gasteiger partial charge in [0, 0.05) is 38.3 Å². The molecule has 0 radical (unpaired) electrons. The van der Waals surface area contributed by atoms with Crippen LogP contribution in [0.25, 0.3) is 11.0 Å². The molecule has 0 unspecified atom stereocenters. The first kappa shape index (κ1) is 22.7. The lowest BCUT2D eigenvalue weighted by atomic mass is 10.2. The van der Waals surface area contributed by atoms with Gasteiger partial charge in [0.15, 0.2) is 11.5 Å². The molecule has 8 nitrogen and oxygen atoms in total. The first-order chi connectivity index (χ1) is 17.0. The molecule has 1 N–H and O–H groups in total. The Hall–Kier alpha value is -4.07. The van der Waals surface area contributed by atoms with Crippen molar-refractivity contribution in [2.45, 2.75) is 32.9 Å². The fourth-order valence-electron chi connectivity index (χ4n) is 4.36. The van der Waals surface area contributed by atoms with E-state index < -0.39 is 0 Å². The van der Waals surface area contributed by atoms with Crippen molar-refractivity contribution in [2.75, 3.05) is 25.5 Å². The number of hydrogen-bond acceptors (Lipinski definition) is 6. The zero-order valence-corrected chi connectivity index (χ0v) is 20.2. The summed E-state index contributed by atoms with van der Waals surface area (Å²) in [6.45, 7) is 5.59. The van der Waals surface area contributed by atoms with Gasteiger partial charge in [-0.3, -0.25) is 4.79 Å². The van der Waals surface area contributed by atoms with Crippen molar-refractivity contribution in [3.63, 3.8) is 0 Å². The fraction of sp³-hybridized carbons (Fsp3) is 0.296. The third-order valence-electron chi connectivity index (χ3n) is 6.31. The van der Waals surface area contributed by atoms with Crippen LogP contribution in [0.2, 0.25) is 0 Å². The Balaban J connectivity index is 1.51. The molecule has 1 aliphatic rings. The highest BCUT2D eigenvalue weighted by Gasteiger charge is 2.26. The van der Waals surface area contributed by atoms with Crippen LogP contribution in [0, 0.1) is 6.92 Å². The molecule has 3 heterocycles. The first-order valence-electron chi connectivity index (χ1n) is 11.7. The number of methoxy groups -OCH3 is 1. The second-order valence-corrected chi connectivity index (χ2v) is 8.87. The number of nitrogens with one attached hydrogen (secondary N) is 1. The minimum Gasteiger partial charge on any atom is -0.497 e. The van der Waals surface area contributed by atoms with Crippen molar-refractivity contribution < 1.29 is 14.3 Å². The third-order valence-corrected chi connectivity index (χ3v) is 6.31. The Morgan fingerprint density at radius 1 is 1.09 bits per heavy atom. The van der Waals surface area contributed by atoms with Crippen LogP contribution in [-0.4, -0.2) is 51.8 Å². The van der Waals surface area contributed by atoms with E-state index in [9.17, 15) is 4.79 Å². The number of nitrogens with zero attached hydrogens (tertiary/aromatic N) is 4. The highest BCUT2D eigenvalue weighted by atomic mass is 16.5. The maximum Gasteiger partial charge on any atom is 0.219 e. The number of fused-ring (bicyclic) bond motifs is 1. The lowest BCUT2D eigenvalue weighted by Gasteiger charge is -2.15. The third kappa shape index (κ3) is 4.91. The van der Waals surface area contributed by atoms with Crippen molar-refractivity contribution in [1.29, 1.82) is 0 Å². The number of ether oxygens (including phenoxy) is 2. The van der Waals surface area contributed by atoms with Crippen LogP contribution in [0.3, 0.4) is 0 Å². The van der Waals surface area contributed by atoms with Gasteiger partial charge in [-0.05, 0) is 43.2 Å². The molecule has 8 heteroatoms. The minimum absolute atomic E-state index is 0.0919. The number of carbonyl (C=O) groups excluding carboxylic acids is 1. The van der Waals surface area contributed by atoms with Crippen LogP contribution in [0.4, 0.5) is 5.82 Å². The standard InChI is InChI=1S/C27H29N5O3/c1-18-4-8-23(9-5-18)35-24-12-14-28-27-25(24)26(29-21-13-15-31(17-21)19(2)33)30-32(27)16-20-6-10-22(34-3)11-7-20/h4-12,14,21H,13,15-17H2,1-3H3,(H,29,30)/t21-/m1/s1. The van der Waals surface area contributed by atoms with E-state index >= 15 is 0 Å². The molecular formula is C27H29N5O3. The summed E-state index contributed by atoms with van der Waals surface area (Å²) in [6, 6.07) is 17.9. The average Bonchev–Trinajstić information content (AvgIpc) is 3.47. The summed E-state index contributed by atoms with van der Waals surface area (Å²) < 4.78 is 13.5. The van der Waals surface area contributed by atoms with Crippen LogP contribution in [0.1, 0.15) is 24.5 Å². The van der Waals surface area contributed by atoms with E-state index in [4.69, 9.17) is 14.6 Å². The normalized spacial score (nSPS) is 15.4. The maximum absolute atomic E-state index is 11.8. The van der Waals surface area contributed by atoms with Gasteiger partial charge in [-0.1, -0.05) is 29.8 Å². The molecule has 0 bridgehead atoms. The highest BCUT2D eigenvalue weighted by molar-refractivity contribution is 5.93. The molecular weight excluding hydrogens is 442 g/mol. The predicted octanol–water partition coefficient (Wildman–Crippen LogP) is 4.62. The van der Waals surface area contributed by atoms with Gasteiger partial charge in [-0.2, -0.15) is 5.10 Å². The Labute approximate surface area is 204 Å². The van der Waals surface area contributed by atoms with Crippen LogP contribution in [-0.2, 0) is 11.3 Å². The van der Waals surface area contributed by atoms with E-state index in [2.05, 4.69) is 10.3 Å². The molecule has 1 atom stereocenters. The molecule has 35 heavy (non-hydrogen) atoms. The van der Waals surface area contributed by atoms with Gasteiger partial charge in [0.25, 0.3) is 0 Å². The van der Waals surface area contributed by atoms with Crippen LogP contribution in [0.5, 0.6) is 17.2 Å². The summed E-state index contributed by atoms with van der Waals surface area (Å²) in [6.07, 6.45) is 2.61. The highest BCUT2D eigenvalue weighted by Crippen LogP contribution is 2.35. The summed E-state index contributed by atoms with van der Waals surface area (Å²) in [7, 11) is 1.66. The van der Waals surface area contributed by atoms with E-state index in [1.165, 1.54) is 5.56 Å². The van der Waals surface area contributed by atoms with E-state index in [1.807, 2.05) is 71.1 Å². The van der Waals surface area contributed by atoms with Gasteiger partial charge in [0.1, 0.15) is 22.6 Å². The van der Waals surface area contributed by atoms with Gasteiger partial charge in [-0.25, -0.2) is 9.67 Å². The number of aryl methyl sites for hydroxylation is 1. The first-order valence-corrected chi connectivity index (χ1v) is 11.7. The Bertz CT molecular complexity index is 1330. The van der Waals surface area contributed by atoms with E-state index in [0.29, 0.717) is 24.7 Å². The summed E-state index contributed by atoms with van der Waals surface area (Å²) in [5.74, 6) is 3.04. The molecule has 1 amide bonds. The fourth-order valence-corrected chi connectivity index (χ4v) is 4.36. The van der Waals surface area contributed by atoms with Gasteiger partial charge in [-0.15, -0.1) is 0 Å². The van der Waals surface area contributed by atoms with Crippen LogP contribution < -0.4 is 14.8 Å². The number of pyridine rings is 1. The van der Waals surface area contributed by atoms with Crippen molar-refractivity contribution in [2.24, 2.45) is 0 Å². The zero-order chi connectivity index (χ0) is 24.4. The van der Waals surface area contributed by atoms with Crippen LogP contribution >= 0.6 is 0 Å². The molecule has 1 fully saturated rings. The molecule has 0 saturated carbocycles. The quantitative estimate of drug-likeness (QED) is 0.424. The predicted molar refractivity (Wildman–Crippen MR) is 135 cm³/mol. The molecule has 5 rings (SSSR count). The van der Waals surface area contributed by atoms with Crippen LogP contribution in [0.15, 0.2) is 60.8 Å². The second-order valence-electron chi connectivity index (χ2n) is 8.87. The van der Waals surface area contributed by atoms with E-state index in [-0.39, 0.29) is 11.9 Å². The number of hydrogen-bond donors (Lipinski definition) is 1. The smallest absolute Gasteiger partial charge is 0.219 e. The molecule has 180 valence electrons. The molecule has 0 spiro atoms. The van der Waals surface area contributed by atoms with Gasteiger partial charge < -0.3 is 19.7 Å². The van der Waals surface area contributed by atoms with Gasteiger partial charge in [0.05, 0.1) is 13.7 Å². The van der Waals surface area contributed by atoms with Crippen molar-refractivity contribution in [1.82, 2.24) is 19.7 Å². The van der Waals surface area contributed by atoms with Crippen molar-refractivity contribution in [3.8, 4) is 17.2 Å². The molecule has 1 saturated heterocycles. The van der Waals surface area contributed by atoms with E-state index in [0.717, 1.165) is 41.1 Å². The Morgan fingerprint density at radius 3 is 2.51 bits per heavy atom. The summed E-state index contributed by atoms with van der Waals surface area (Å²) in [4.78, 5) is 18.3. The number of rotatable bonds is 7. The summed E-state index contributed by atoms with van der Waals surface area (Å²) >= 11 is 0. The number of carbonyl (C=O) groups is 1. The second kappa shape index (κ2) is 9.66. The van der Waals surface area contributed by atoms with Crippen molar-refractivity contribution >= 4 is 22.8 Å². The van der Waals surface area contributed by atoms with E-state index in [1.54, 1.807) is 20.2 Å². The lowest BCUT2D eigenvalue weighted by molar-refractivity contribution is -0.127. The summed E-state index contributed by atoms with van der Waals surface area (Å²) in [5.41, 5.74) is 2.98. The average molecular weight is 472 g/mol. The zero-order valence-electron chi connectivity index (χ0n) is 20.2. The molecule has 0 aliphatic carbocycles. The topological polar surface area (TPSA) is 81.5 Å². The molecule has 2 aromatic heterocycles. The monoisotopic (exact) mass is 471 g/mol. The number of likely N-dealkylation sites (tertiary alicyclic amines) is 1. The summed E-state index contributed by atoms with van der Waals surface area (Å²) in [5, 5.41) is 9.29. The lowest BCUT2D eigenvalue weighted by Crippen LogP contribution is -2.29. The molecule has 4 aromatic rings. The number of benzene rings is 2. The van der Waals surface area contributed by atoms with Gasteiger partial charge in [0.2, 0.25) is 5.91 Å².